The summed E-state index contributed by atoms with van der Waals surface area (Å²) >= 11 is 0. The van der Waals surface area contributed by atoms with Crippen LogP contribution in [0.15, 0.2) is 18.2 Å². The minimum atomic E-state index is -0.516. The molecule has 0 fully saturated rings. The summed E-state index contributed by atoms with van der Waals surface area (Å²) in [6.07, 6.45) is 0. The zero-order chi connectivity index (χ0) is 9.42. The van der Waals surface area contributed by atoms with Crippen molar-refractivity contribution in [3.8, 4) is 0 Å². The predicted octanol–water partition coefficient (Wildman–Crippen LogP) is 1.01. The van der Waals surface area contributed by atoms with Crippen molar-refractivity contribution in [1.29, 1.82) is 0 Å². The smallest absolute Gasteiger partial charge is 0.345 e. The van der Waals surface area contributed by atoms with Gasteiger partial charge >= 0.3 is 6.03 Å². The summed E-state index contributed by atoms with van der Waals surface area (Å²) in [5.41, 5.74) is 7.67. The molecule has 0 saturated heterocycles. The van der Waals surface area contributed by atoms with E-state index in [4.69, 9.17) is 10.9 Å². The first-order chi connectivity index (χ1) is 6.16. The lowest BCUT2D eigenvalue weighted by molar-refractivity contribution is -0.0469. The van der Waals surface area contributed by atoms with Crippen molar-refractivity contribution in [2.75, 3.05) is 11.1 Å². The number of hydrogen-bond donors (Lipinski definition) is 3. The number of benzene rings is 1. The number of urea groups is 1. The average molecular weight is 179 g/mol. The Balaban J connectivity index is 2.42. The van der Waals surface area contributed by atoms with Gasteiger partial charge < -0.3 is 11.1 Å². The van der Waals surface area contributed by atoms with Crippen LogP contribution in [0.1, 0.15) is 5.56 Å². The molecular weight excluding hydrogens is 170 g/mol. The van der Waals surface area contributed by atoms with Crippen LogP contribution in [-0.2, 0) is 6.54 Å². The Morgan fingerprint density at radius 1 is 1.54 bits per heavy atom. The van der Waals surface area contributed by atoms with Crippen LogP contribution in [0, 0.1) is 0 Å². The molecule has 1 aliphatic rings. The van der Waals surface area contributed by atoms with Gasteiger partial charge in [0.15, 0.2) is 0 Å². The summed E-state index contributed by atoms with van der Waals surface area (Å²) in [4.78, 5) is 11.0. The maximum Gasteiger partial charge on any atom is 0.345 e. The van der Waals surface area contributed by atoms with Gasteiger partial charge in [-0.15, -0.1) is 0 Å². The highest BCUT2D eigenvalue weighted by Gasteiger charge is 2.20. The van der Waals surface area contributed by atoms with E-state index in [0.717, 1.165) is 5.56 Å². The fourth-order valence-electron chi connectivity index (χ4n) is 1.28. The van der Waals surface area contributed by atoms with Gasteiger partial charge in [-0.05, 0) is 23.8 Å². The van der Waals surface area contributed by atoms with Gasteiger partial charge in [-0.2, -0.15) is 0 Å². The van der Waals surface area contributed by atoms with Gasteiger partial charge in [-0.1, -0.05) is 0 Å². The quantitative estimate of drug-likeness (QED) is 0.410. The molecule has 5 heteroatoms. The first-order valence-electron chi connectivity index (χ1n) is 3.82. The van der Waals surface area contributed by atoms with Crippen LogP contribution in [0.5, 0.6) is 0 Å². The van der Waals surface area contributed by atoms with E-state index in [2.05, 4.69) is 5.32 Å². The van der Waals surface area contributed by atoms with Gasteiger partial charge in [-0.25, -0.2) is 9.86 Å². The van der Waals surface area contributed by atoms with Gasteiger partial charge in [0, 0.05) is 11.4 Å². The number of nitrogens with zero attached hydrogens (tertiary/aromatic N) is 1. The lowest BCUT2D eigenvalue weighted by Crippen LogP contribution is -2.35. The molecule has 5 nitrogen and oxygen atoms in total. The highest BCUT2D eigenvalue weighted by Crippen LogP contribution is 2.23. The number of nitrogens with one attached hydrogen (secondary N) is 1. The van der Waals surface area contributed by atoms with Gasteiger partial charge in [0.1, 0.15) is 0 Å². The van der Waals surface area contributed by atoms with Crippen LogP contribution >= 0.6 is 0 Å². The van der Waals surface area contributed by atoms with E-state index in [9.17, 15) is 4.79 Å². The van der Waals surface area contributed by atoms with Crippen LogP contribution in [0.3, 0.4) is 0 Å². The standard InChI is InChI=1S/C8H9N3O2/c9-6-1-2-7-5(3-6)4-11(13)8(12)10-7/h1-3,13H,4,9H2,(H,10,12). The second kappa shape index (κ2) is 2.63. The summed E-state index contributed by atoms with van der Waals surface area (Å²) < 4.78 is 0. The van der Waals surface area contributed by atoms with Crippen LogP contribution in [0.4, 0.5) is 16.2 Å². The zero-order valence-electron chi connectivity index (χ0n) is 6.82. The number of carbonyl (C=O) groups is 1. The van der Waals surface area contributed by atoms with E-state index in [1.54, 1.807) is 18.2 Å². The minimum Gasteiger partial charge on any atom is -0.399 e. The summed E-state index contributed by atoms with van der Waals surface area (Å²) in [7, 11) is 0. The lowest BCUT2D eigenvalue weighted by Gasteiger charge is -2.23. The predicted molar refractivity (Wildman–Crippen MR) is 47.2 cm³/mol. The Morgan fingerprint density at radius 2 is 2.31 bits per heavy atom. The third-order valence-electron chi connectivity index (χ3n) is 1.93. The number of anilines is 2. The minimum absolute atomic E-state index is 0.173. The van der Waals surface area contributed by atoms with E-state index in [-0.39, 0.29) is 6.54 Å². The van der Waals surface area contributed by atoms with E-state index < -0.39 is 6.03 Å². The van der Waals surface area contributed by atoms with Crippen LogP contribution in [0.2, 0.25) is 0 Å². The molecule has 0 aliphatic carbocycles. The Labute approximate surface area is 74.7 Å². The zero-order valence-corrected chi connectivity index (χ0v) is 6.82. The number of fused-ring (bicyclic) bond motifs is 1. The SMILES string of the molecule is Nc1ccc2c(c1)CN(O)C(=O)N2. The first kappa shape index (κ1) is 7.88. The number of amides is 2. The molecule has 2 amide bonds. The van der Waals surface area contributed by atoms with Gasteiger partial charge in [-0.3, -0.25) is 5.21 Å². The molecule has 1 heterocycles. The largest absolute Gasteiger partial charge is 0.399 e. The van der Waals surface area contributed by atoms with Crippen molar-refractivity contribution < 1.29 is 10.0 Å². The molecule has 0 unspecified atom stereocenters. The number of hydrogen-bond acceptors (Lipinski definition) is 3. The van der Waals surface area contributed by atoms with Gasteiger partial charge in [0.2, 0.25) is 0 Å². The van der Waals surface area contributed by atoms with Crippen molar-refractivity contribution in [3.63, 3.8) is 0 Å². The number of rotatable bonds is 0. The molecule has 0 radical (unpaired) electrons. The molecule has 1 aliphatic heterocycles. The molecule has 0 atom stereocenters. The Morgan fingerprint density at radius 3 is 3.08 bits per heavy atom. The Bertz CT molecular complexity index is 364. The van der Waals surface area contributed by atoms with E-state index >= 15 is 0 Å². The number of nitrogens with two attached hydrogens (primary N) is 1. The fraction of sp³-hybridized carbons (Fsp3) is 0.125. The van der Waals surface area contributed by atoms with Gasteiger partial charge in [0.05, 0.1) is 6.54 Å². The molecule has 4 N–H and O–H groups in total. The van der Waals surface area contributed by atoms with Crippen molar-refractivity contribution in [3.05, 3.63) is 23.8 Å². The second-order valence-electron chi connectivity index (χ2n) is 2.90. The third kappa shape index (κ3) is 1.29. The summed E-state index contributed by atoms with van der Waals surface area (Å²) in [6.45, 7) is 0.173. The molecule has 0 aromatic heterocycles. The summed E-state index contributed by atoms with van der Waals surface area (Å²) in [6, 6.07) is 4.62. The van der Waals surface area contributed by atoms with E-state index in [0.29, 0.717) is 16.4 Å². The van der Waals surface area contributed by atoms with Crippen molar-refractivity contribution in [2.24, 2.45) is 0 Å². The number of carbonyl (C=O) groups excluding carboxylic acids is 1. The maximum absolute atomic E-state index is 11.0. The van der Waals surface area contributed by atoms with Crippen molar-refractivity contribution >= 4 is 17.4 Å². The molecule has 68 valence electrons. The molecule has 0 saturated carbocycles. The van der Waals surface area contributed by atoms with Gasteiger partial charge in [0.25, 0.3) is 0 Å². The van der Waals surface area contributed by atoms with Crippen molar-refractivity contribution in [2.45, 2.75) is 6.54 Å². The van der Waals surface area contributed by atoms with E-state index in [1.807, 2.05) is 0 Å². The Kier molecular flexibility index (Phi) is 1.60. The number of nitrogen functional groups attached to an aromatic ring is 1. The maximum atomic E-state index is 11.0. The highest BCUT2D eigenvalue weighted by atomic mass is 16.5. The van der Waals surface area contributed by atoms with Crippen LogP contribution < -0.4 is 11.1 Å². The third-order valence-corrected chi connectivity index (χ3v) is 1.93. The monoisotopic (exact) mass is 179 g/mol. The molecule has 2 rings (SSSR count). The highest BCUT2D eigenvalue weighted by molar-refractivity contribution is 5.91. The summed E-state index contributed by atoms with van der Waals surface area (Å²) in [5.74, 6) is 0. The first-order valence-corrected chi connectivity index (χ1v) is 3.82. The number of hydroxylamine groups is 2. The average Bonchev–Trinajstić information content (AvgIpc) is 2.08. The second-order valence-corrected chi connectivity index (χ2v) is 2.90. The normalized spacial score (nSPS) is 15.2. The molecule has 13 heavy (non-hydrogen) atoms. The molecule has 1 aromatic rings. The van der Waals surface area contributed by atoms with E-state index in [1.165, 1.54) is 0 Å². The lowest BCUT2D eigenvalue weighted by atomic mass is 10.1. The molecule has 0 spiro atoms. The summed E-state index contributed by atoms with van der Waals surface area (Å²) in [5, 5.41) is 12.2. The van der Waals surface area contributed by atoms with Crippen molar-refractivity contribution in [1.82, 2.24) is 5.06 Å². The molecule has 0 bridgehead atoms. The fourth-order valence-corrected chi connectivity index (χ4v) is 1.28. The van der Waals surface area contributed by atoms with Crippen LogP contribution in [-0.4, -0.2) is 16.3 Å². The molecule has 1 aromatic carbocycles. The van der Waals surface area contributed by atoms with Crippen LogP contribution in [0.25, 0.3) is 0 Å². The topological polar surface area (TPSA) is 78.6 Å². The molecular formula is C8H9N3O2. The Hall–Kier alpha value is -1.75.